The number of hydrogen-bond donors (Lipinski definition) is 0. The fourth-order valence-electron chi connectivity index (χ4n) is 6.70. The molecule has 7 rings (SSSR count). The molecule has 0 saturated heterocycles. The van der Waals surface area contributed by atoms with Crippen LogP contribution in [0.15, 0.2) is 36.5 Å². The van der Waals surface area contributed by atoms with Gasteiger partial charge in [0, 0.05) is 17.5 Å². The van der Waals surface area contributed by atoms with E-state index in [4.69, 9.17) is 4.74 Å². The second-order valence-corrected chi connectivity index (χ2v) is 10.8. The van der Waals surface area contributed by atoms with Crippen LogP contribution in [0.4, 0.5) is 0 Å². The molecular formula is C27H26NOS+. The first-order valence-corrected chi connectivity index (χ1v) is 12.1. The lowest BCUT2D eigenvalue weighted by Crippen LogP contribution is -2.31. The number of pyridine rings is 1. The highest BCUT2D eigenvalue weighted by Gasteiger charge is 2.44. The summed E-state index contributed by atoms with van der Waals surface area (Å²) >= 11 is 2.00. The van der Waals surface area contributed by atoms with Crippen LogP contribution in [0, 0.1) is 25.7 Å². The molecule has 2 bridgehead atoms. The molecule has 150 valence electrons. The number of benzene rings is 2. The van der Waals surface area contributed by atoms with E-state index in [0.29, 0.717) is 5.92 Å². The molecule has 0 radical (unpaired) electrons. The average molecular weight is 413 g/mol. The van der Waals surface area contributed by atoms with Gasteiger partial charge in [-0.05, 0) is 61.3 Å². The first kappa shape index (κ1) is 17.3. The number of rotatable bonds is 1. The first-order chi connectivity index (χ1) is 14.6. The minimum Gasteiger partial charge on any atom is -0.454 e. The standard InChI is InChI=1S/C27H26NOS/c1-14-18-6-4-5-7-19(18)15(2)25-22(14)24-23-21(10-11-28(24)3)30-27(26(23)29-25)20-13-16-8-9-17(20)12-16/h4-7,10-11,16-17,20H,8-9,12-13H2,1-3H3/q+1. The zero-order valence-electron chi connectivity index (χ0n) is 17.8. The highest BCUT2D eigenvalue weighted by molar-refractivity contribution is 7.19. The van der Waals surface area contributed by atoms with E-state index in [2.05, 4.69) is 62.0 Å². The molecule has 0 spiro atoms. The molecule has 3 atom stereocenters. The maximum absolute atomic E-state index is 6.91. The molecule has 3 aliphatic rings. The Morgan fingerprint density at radius 1 is 0.967 bits per heavy atom. The van der Waals surface area contributed by atoms with Gasteiger partial charge < -0.3 is 4.74 Å². The van der Waals surface area contributed by atoms with Crippen molar-refractivity contribution in [2.24, 2.45) is 18.9 Å². The molecule has 4 aromatic rings. The molecule has 2 nitrogen and oxygen atoms in total. The molecule has 2 aromatic heterocycles. The van der Waals surface area contributed by atoms with E-state index in [-0.39, 0.29) is 0 Å². The third-order valence-electron chi connectivity index (χ3n) is 8.15. The minimum atomic E-state index is 0.692. The van der Waals surface area contributed by atoms with Crippen molar-refractivity contribution in [2.75, 3.05) is 0 Å². The lowest BCUT2D eigenvalue weighted by atomic mass is 9.86. The molecule has 2 saturated carbocycles. The van der Waals surface area contributed by atoms with E-state index in [9.17, 15) is 0 Å². The van der Waals surface area contributed by atoms with E-state index >= 15 is 0 Å². The second-order valence-electron chi connectivity index (χ2n) is 9.69. The largest absolute Gasteiger partial charge is 0.454 e. The Balaban J connectivity index is 1.57. The van der Waals surface area contributed by atoms with E-state index in [1.807, 2.05) is 11.3 Å². The van der Waals surface area contributed by atoms with Gasteiger partial charge >= 0.3 is 0 Å². The number of nitrogens with zero attached hydrogens (tertiary/aromatic N) is 1. The zero-order chi connectivity index (χ0) is 20.1. The topological polar surface area (TPSA) is 13.1 Å². The molecule has 3 unspecified atom stereocenters. The molecule has 1 aliphatic heterocycles. The molecule has 2 aromatic carbocycles. The van der Waals surface area contributed by atoms with Gasteiger partial charge in [0.05, 0.1) is 15.1 Å². The van der Waals surface area contributed by atoms with Crippen LogP contribution in [0.2, 0.25) is 0 Å². The molecule has 3 heteroatoms. The van der Waals surface area contributed by atoms with Crippen molar-refractivity contribution in [3.63, 3.8) is 0 Å². The van der Waals surface area contributed by atoms with E-state index in [1.54, 1.807) is 0 Å². The van der Waals surface area contributed by atoms with Gasteiger partial charge in [0.25, 0.3) is 0 Å². The van der Waals surface area contributed by atoms with Gasteiger partial charge in [-0.25, -0.2) is 4.57 Å². The smallest absolute Gasteiger partial charge is 0.228 e. The van der Waals surface area contributed by atoms with Crippen LogP contribution in [-0.2, 0) is 7.05 Å². The fraction of sp³-hybridized carbons (Fsp3) is 0.370. The van der Waals surface area contributed by atoms with Crippen molar-refractivity contribution in [3.8, 4) is 22.8 Å². The van der Waals surface area contributed by atoms with Crippen LogP contribution >= 0.6 is 11.3 Å². The summed E-state index contributed by atoms with van der Waals surface area (Å²) in [6.07, 6.45) is 7.87. The maximum atomic E-state index is 6.91. The fourth-order valence-corrected chi connectivity index (χ4v) is 8.04. The molecule has 3 heterocycles. The summed E-state index contributed by atoms with van der Waals surface area (Å²) in [7, 11) is 2.19. The van der Waals surface area contributed by atoms with Crippen molar-refractivity contribution < 1.29 is 9.30 Å². The van der Waals surface area contributed by atoms with Gasteiger partial charge in [0.15, 0.2) is 11.9 Å². The molecule has 2 fully saturated rings. The Morgan fingerprint density at radius 2 is 1.77 bits per heavy atom. The van der Waals surface area contributed by atoms with Crippen molar-refractivity contribution in [3.05, 3.63) is 52.5 Å². The highest BCUT2D eigenvalue weighted by atomic mass is 32.1. The maximum Gasteiger partial charge on any atom is 0.228 e. The SMILES string of the molecule is Cc1c2c(c(C)c3ccccc13)-c1c3c(c(C4CC5CCC4C5)sc3cc[n+]1C)O2. The summed E-state index contributed by atoms with van der Waals surface area (Å²) in [5.74, 6) is 4.74. The van der Waals surface area contributed by atoms with Crippen molar-refractivity contribution in [2.45, 2.75) is 45.4 Å². The number of aromatic nitrogens is 1. The number of thiophene rings is 1. The minimum absolute atomic E-state index is 0.692. The Labute approximate surface area is 181 Å². The molecule has 2 aliphatic carbocycles. The van der Waals surface area contributed by atoms with E-state index in [1.165, 1.54) is 79.6 Å². The summed E-state index contributed by atoms with van der Waals surface area (Å²) in [5.41, 5.74) is 5.21. The Kier molecular flexibility index (Phi) is 3.38. The summed E-state index contributed by atoms with van der Waals surface area (Å²) in [5, 5.41) is 3.98. The second kappa shape index (κ2) is 5.85. The van der Waals surface area contributed by atoms with E-state index < -0.39 is 0 Å². The lowest BCUT2D eigenvalue weighted by Gasteiger charge is -2.25. The van der Waals surface area contributed by atoms with Crippen LogP contribution in [0.1, 0.15) is 47.6 Å². The Bertz CT molecular complexity index is 1380. The third-order valence-corrected chi connectivity index (χ3v) is 9.42. The molecular weight excluding hydrogens is 386 g/mol. The lowest BCUT2D eigenvalue weighted by molar-refractivity contribution is -0.659. The van der Waals surface area contributed by atoms with Gasteiger partial charge in [0.2, 0.25) is 5.69 Å². The van der Waals surface area contributed by atoms with Gasteiger partial charge in [-0.15, -0.1) is 11.3 Å². The van der Waals surface area contributed by atoms with Crippen LogP contribution in [-0.4, -0.2) is 0 Å². The van der Waals surface area contributed by atoms with Crippen molar-refractivity contribution >= 4 is 32.2 Å². The van der Waals surface area contributed by atoms with Crippen LogP contribution in [0.3, 0.4) is 0 Å². The van der Waals surface area contributed by atoms with Crippen LogP contribution in [0.25, 0.3) is 32.1 Å². The van der Waals surface area contributed by atoms with Crippen LogP contribution < -0.4 is 9.30 Å². The molecule has 0 N–H and O–H groups in total. The normalized spacial score (nSPS) is 23.9. The quantitative estimate of drug-likeness (QED) is 0.266. The Hall–Kier alpha value is -2.39. The average Bonchev–Trinajstić information content (AvgIpc) is 3.48. The zero-order valence-corrected chi connectivity index (χ0v) is 18.6. The predicted molar refractivity (Wildman–Crippen MR) is 124 cm³/mol. The summed E-state index contributed by atoms with van der Waals surface area (Å²) < 4.78 is 10.6. The van der Waals surface area contributed by atoms with Gasteiger partial charge in [-0.1, -0.05) is 30.7 Å². The van der Waals surface area contributed by atoms with Crippen molar-refractivity contribution in [1.29, 1.82) is 0 Å². The van der Waals surface area contributed by atoms with Crippen LogP contribution in [0.5, 0.6) is 11.5 Å². The summed E-state index contributed by atoms with van der Waals surface area (Å²) in [6.45, 7) is 4.49. The van der Waals surface area contributed by atoms with Gasteiger partial charge in [-0.3, -0.25) is 0 Å². The summed E-state index contributed by atoms with van der Waals surface area (Å²) in [6, 6.07) is 11.1. The van der Waals surface area contributed by atoms with Gasteiger partial charge in [-0.2, -0.15) is 0 Å². The third kappa shape index (κ3) is 2.07. The monoisotopic (exact) mass is 412 g/mol. The first-order valence-electron chi connectivity index (χ1n) is 11.3. The highest BCUT2D eigenvalue weighted by Crippen LogP contribution is 2.60. The predicted octanol–water partition coefficient (Wildman–Crippen LogP) is 7.17. The molecule has 30 heavy (non-hydrogen) atoms. The number of ether oxygens (including phenoxy) is 1. The molecule has 0 amide bonds. The number of fused-ring (bicyclic) bond motifs is 5. The summed E-state index contributed by atoms with van der Waals surface area (Å²) in [4.78, 5) is 1.51. The number of aryl methyl sites for hydroxylation is 3. The Morgan fingerprint density at radius 3 is 2.50 bits per heavy atom. The van der Waals surface area contributed by atoms with Crippen molar-refractivity contribution in [1.82, 2.24) is 0 Å². The van der Waals surface area contributed by atoms with Gasteiger partial charge in [0.1, 0.15) is 18.2 Å². The van der Waals surface area contributed by atoms with E-state index in [0.717, 1.165) is 17.6 Å². The number of hydrogen-bond acceptors (Lipinski definition) is 2.